The SMILES string of the molecule is CC(C)(C)[Si](C)(C)O[C@H]1CCN(C(=O)c2cc(/C=C3\OC(=O)c4ccccc43)ccc2F)C1. The molecule has 1 saturated heterocycles. The minimum atomic E-state index is -1.95. The number of likely N-dealkylation sites (tertiary alicyclic amines) is 1. The van der Waals surface area contributed by atoms with Crippen molar-refractivity contribution in [3.05, 3.63) is 70.5 Å². The van der Waals surface area contributed by atoms with Gasteiger partial charge in [0, 0.05) is 18.7 Å². The van der Waals surface area contributed by atoms with E-state index < -0.39 is 20.1 Å². The maximum absolute atomic E-state index is 14.6. The van der Waals surface area contributed by atoms with Crippen LogP contribution < -0.4 is 0 Å². The molecule has 174 valence electrons. The second kappa shape index (κ2) is 8.54. The zero-order valence-electron chi connectivity index (χ0n) is 19.8. The number of carbonyl (C=O) groups is 2. The molecule has 2 aliphatic rings. The summed E-state index contributed by atoms with van der Waals surface area (Å²) in [5.74, 6) is -0.942. The van der Waals surface area contributed by atoms with E-state index in [9.17, 15) is 14.0 Å². The molecule has 7 heteroatoms. The Morgan fingerprint density at radius 3 is 2.58 bits per heavy atom. The minimum absolute atomic E-state index is 0.00920. The Morgan fingerprint density at radius 2 is 1.88 bits per heavy atom. The molecule has 0 N–H and O–H groups in total. The molecule has 0 bridgehead atoms. The Kier molecular flexibility index (Phi) is 6.05. The van der Waals surface area contributed by atoms with E-state index in [0.29, 0.717) is 35.5 Å². The molecule has 0 aliphatic carbocycles. The van der Waals surface area contributed by atoms with Gasteiger partial charge >= 0.3 is 5.97 Å². The lowest BCUT2D eigenvalue weighted by molar-refractivity contribution is 0.0715. The number of hydrogen-bond acceptors (Lipinski definition) is 4. The summed E-state index contributed by atoms with van der Waals surface area (Å²) in [4.78, 5) is 26.9. The summed E-state index contributed by atoms with van der Waals surface area (Å²) in [5.41, 5.74) is 1.78. The summed E-state index contributed by atoms with van der Waals surface area (Å²) in [5, 5.41) is 0.0840. The molecule has 33 heavy (non-hydrogen) atoms. The molecule has 2 aromatic rings. The number of ether oxygens (including phenoxy) is 1. The summed E-state index contributed by atoms with van der Waals surface area (Å²) >= 11 is 0. The van der Waals surface area contributed by atoms with Crippen molar-refractivity contribution in [2.24, 2.45) is 0 Å². The third-order valence-corrected chi connectivity index (χ3v) is 11.4. The molecule has 1 fully saturated rings. The summed E-state index contributed by atoms with van der Waals surface area (Å²) in [6, 6.07) is 11.5. The van der Waals surface area contributed by atoms with Crippen LogP contribution >= 0.6 is 0 Å². The Hall–Kier alpha value is -2.77. The maximum Gasteiger partial charge on any atom is 0.344 e. The number of hydrogen-bond donors (Lipinski definition) is 0. The molecule has 2 aromatic carbocycles. The molecule has 0 radical (unpaired) electrons. The molecule has 0 unspecified atom stereocenters. The monoisotopic (exact) mass is 467 g/mol. The number of fused-ring (bicyclic) bond motifs is 1. The summed E-state index contributed by atoms with van der Waals surface area (Å²) < 4.78 is 26.5. The van der Waals surface area contributed by atoms with Crippen molar-refractivity contribution >= 4 is 32.0 Å². The van der Waals surface area contributed by atoms with Gasteiger partial charge in [-0.15, -0.1) is 0 Å². The molecule has 5 nitrogen and oxygen atoms in total. The fourth-order valence-corrected chi connectivity index (χ4v) is 5.29. The molecule has 0 spiro atoms. The highest BCUT2D eigenvalue weighted by atomic mass is 28.4. The van der Waals surface area contributed by atoms with E-state index in [1.54, 1.807) is 35.2 Å². The van der Waals surface area contributed by atoms with Crippen LogP contribution in [0.15, 0.2) is 42.5 Å². The van der Waals surface area contributed by atoms with Gasteiger partial charge in [0.15, 0.2) is 8.32 Å². The predicted octanol–water partition coefficient (Wildman–Crippen LogP) is 5.73. The summed E-state index contributed by atoms with van der Waals surface area (Å²) in [6.07, 6.45) is 2.38. The number of amides is 1. The van der Waals surface area contributed by atoms with E-state index in [1.807, 2.05) is 6.07 Å². The van der Waals surface area contributed by atoms with Gasteiger partial charge in [-0.05, 0) is 54.4 Å². The molecule has 1 atom stereocenters. The number of rotatable bonds is 4. The van der Waals surface area contributed by atoms with Crippen molar-refractivity contribution in [2.75, 3.05) is 13.1 Å². The maximum atomic E-state index is 14.6. The van der Waals surface area contributed by atoms with Gasteiger partial charge in [0.25, 0.3) is 5.91 Å². The smallest absolute Gasteiger partial charge is 0.344 e. The van der Waals surface area contributed by atoms with Gasteiger partial charge in [0.2, 0.25) is 0 Å². The highest BCUT2D eigenvalue weighted by Crippen LogP contribution is 2.38. The topological polar surface area (TPSA) is 55.8 Å². The normalized spacial score (nSPS) is 19.7. The van der Waals surface area contributed by atoms with Crippen LogP contribution in [-0.2, 0) is 9.16 Å². The Bertz CT molecular complexity index is 1140. The second-order valence-electron chi connectivity index (χ2n) is 10.2. The van der Waals surface area contributed by atoms with E-state index in [0.717, 1.165) is 6.42 Å². The first kappa shape index (κ1) is 23.4. The lowest BCUT2D eigenvalue weighted by Gasteiger charge is -2.38. The molecular weight excluding hydrogens is 437 g/mol. The first-order valence-corrected chi connectivity index (χ1v) is 14.2. The quantitative estimate of drug-likeness (QED) is 0.426. The third kappa shape index (κ3) is 4.65. The molecule has 2 aliphatic heterocycles. The van der Waals surface area contributed by atoms with Gasteiger partial charge in [0.1, 0.15) is 11.6 Å². The standard InChI is InChI=1S/C26H30FNO4Si/c1-26(2,3)33(4,5)32-18-12-13-28(16-18)24(29)21-14-17(10-11-22(21)27)15-23-19-8-6-7-9-20(19)25(30)31-23/h6-11,14-15,18H,12-13,16H2,1-5H3/b23-15-/t18-/m0/s1. The fourth-order valence-electron chi connectivity index (χ4n) is 3.91. The Balaban J connectivity index is 1.52. The van der Waals surface area contributed by atoms with Gasteiger partial charge < -0.3 is 14.1 Å². The molecule has 2 heterocycles. The lowest BCUT2D eigenvalue weighted by atomic mass is 10.0. The Labute approximate surface area is 195 Å². The second-order valence-corrected chi connectivity index (χ2v) is 15.0. The fraction of sp³-hybridized carbons (Fsp3) is 0.385. The van der Waals surface area contributed by atoms with Crippen LogP contribution in [0.2, 0.25) is 18.1 Å². The number of halogens is 1. The number of esters is 1. The van der Waals surface area contributed by atoms with Crippen LogP contribution in [0.3, 0.4) is 0 Å². The first-order valence-electron chi connectivity index (χ1n) is 11.3. The van der Waals surface area contributed by atoms with Gasteiger partial charge in [-0.1, -0.05) is 45.0 Å². The zero-order chi connectivity index (χ0) is 24.0. The molecule has 1 amide bonds. The number of benzene rings is 2. The van der Waals surface area contributed by atoms with Crippen molar-refractivity contribution in [2.45, 2.75) is 51.4 Å². The van der Waals surface area contributed by atoms with Gasteiger partial charge in [-0.25, -0.2) is 9.18 Å². The van der Waals surface area contributed by atoms with E-state index in [4.69, 9.17) is 9.16 Å². The van der Waals surface area contributed by atoms with Crippen molar-refractivity contribution in [3.8, 4) is 0 Å². The van der Waals surface area contributed by atoms with Crippen molar-refractivity contribution < 1.29 is 23.1 Å². The van der Waals surface area contributed by atoms with Gasteiger partial charge in [-0.3, -0.25) is 4.79 Å². The average Bonchev–Trinajstić information content (AvgIpc) is 3.33. The average molecular weight is 468 g/mol. The zero-order valence-corrected chi connectivity index (χ0v) is 20.8. The van der Waals surface area contributed by atoms with Crippen molar-refractivity contribution in [3.63, 3.8) is 0 Å². The summed E-state index contributed by atoms with van der Waals surface area (Å²) in [6.45, 7) is 11.9. The van der Waals surface area contributed by atoms with Crippen LogP contribution in [0, 0.1) is 5.82 Å². The highest BCUT2D eigenvalue weighted by molar-refractivity contribution is 6.74. The number of carbonyl (C=O) groups excluding carboxylic acids is 2. The summed E-state index contributed by atoms with van der Waals surface area (Å²) in [7, 11) is -1.95. The molecule has 0 aromatic heterocycles. The van der Waals surface area contributed by atoms with Crippen LogP contribution in [-0.4, -0.2) is 44.3 Å². The van der Waals surface area contributed by atoms with Gasteiger partial charge in [0.05, 0.1) is 17.2 Å². The van der Waals surface area contributed by atoms with E-state index in [1.165, 1.54) is 12.1 Å². The number of nitrogens with zero attached hydrogens (tertiary/aromatic N) is 1. The van der Waals surface area contributed by atoms with Gasteiger partial charge in [-0.2, -0.15) is 0 Å². The van der Waals surface area contributed by atoms with Crippen LogP contribution in [0.5, 0.6) is 0 Å². The number of cyclic esters (lactones) is 1. The van der Waals surface area contributed by atoms with Crippen LogP contribution in [0.25, 0.3) is 11.8 Å². The lowest BCUT2D eigenvalue weighted by Crippen LogP contribution is -2.44. The minimum Gasteiger partial charge on any atom is -0.422 e. The van der Waals surface area contributed by atoms with Crippen molar-refractivity contribution in [1.29, 1.82) is 0 Å². The first-order chi connectivity index (χ1) is 15.5. The van der Waals surface area contributed by atoms with Crippen molar-refractivity contribution in [1.82, 2.24) is 4.90 Å². The molecular formula is C26H30FNO4Si. The molecule has 0 saturated carbocycles. The Morgan fingerprint density at radius 1 is 1.18 bits per heavy atom. The highest BCUT2D eigenvalue weighted by Gasteiger charge is 2.41. The van der Waals surface area contributed by atoms with E-state index >= 15 is 0 Å². The van der Waals surface area contributed by atoms with Crippen LogP contribution in [0.4, 0.5) is 4.39 Å². The predicted molar refractivity (Wildman–Crippen MR) is 129 cm³/mol. The third-order valence-electron chi connectivity index (χ3n) is 6.83. The van der Waals surface area contributed by atoms with E-state index in [-0.39, 0.29) is 22.6 Å². The van der Waals surface area contributed by atoms with Crippen LogP contribution in [0.1, 0.15) is 59.0 Å². The molecule has 4 rings (SSSR count). The van der Waals surface area contributed by atoms with E-state index in [2.05, 4.69) is 33.9 Å². The largest absolute Gasteiger partial charge is 0.422 e.